The zero-order valence-corrected chi connectivity index (χ0v) is 23.2. The number of ether oxygens (including phenoxy) is 4. The summed E-state index contributed by atoms with van der Waals surface area (Å²) in [6.07, 6.45) is 4.14. The van der Waals surface area contributed by atoms with Crippen LogP contribution in [-0.2, 0) is 0 Å². The summed E-state index contributed by atoms with van der Waals surface area (Å²) in [5.74, 6) is 3.90. The molecule has 1 saturated carbocycles. The van der Waals surface area contributed by atoms with E-state index < -0.39 is 9.85 Å². The van der Waals surface area contributed by atoms with Crippen molar-refractivity contribution in [2.45, 2.75) is 37.5 Å². The van der Waals surface area contributed by atoms with Crippen LogP contribution in [0.1, 0.15) is 48.6 Å². The largest absolute Gasteiger partial charge is 0.493 e. The number of nitro groups is 2. The molecule has 216 valence electrons. The van der Waals surface area contributed by atoms with Crippen LogP contribution in [0.3, 0.4) is 0 Å². The molecule has 4 aromatic rings. The van der Waals surface area contributed by atoms with Gasteiger partial charge >= 0.3 is 0 Å². The first-order chi connectivity index (χ1) is 20.3. The van der Waals surface area contributed by atoms with Gasteiger partial charge in [-0.1, -0.05) is 18.6 Å². The van der Waals surface area contributed by atoms with Gasteiger partial charge in [-0.15, -0.1) is 0 Å². The molecule has 0 spiro atoms. The van der Waals surface area contributed by atoms with Crippen LogP contribution in [0.5, 0.6) is 34.5 Å². The van der Waals surface area contributed by atoms with Crippen LogP contribution in [0, 0.1) is 20.2 Å². The molecule has 0 aromatic heterocycles. The molecule has 0 radical (unpaired) electrons. The van der Waals surface area contributed by atoms with Crippen molar-refractivity contribution in [2.75, 3.05) is 14.2 Å². The lowest BCUT2D eigenvalue weighted by Gasteiger charge is -2.30. The van der Waals surface area contributed by atoms with Gasteiger partial charge < -0.3 is 18.9 Å². The maximum atomic E-state index is 10.9. The fourth-order valence-corrected chi connectivity index (χ4v) is 5.37. The van der Waals surface area contributed by atoms with Gasteiger partial charge in [-0.2, -0.15) is 0 Å². The third kappa shape index (κ3) is 6.43. The Kier molecular flexibility index (Phi) is 8.52. The molecule has 1 aliphatic carbocycles. The van der Waals surface area contributed by atoms with E-state index in [1.165, 1.54) is 24.3 Å². The third-order valence-electron chi connectivity index (χ3n) is 7.54. The molecule has 0 amide bonds. The van der Waals surface area contributed by atoms with Crippen molar-refractivity contribution < 1.29 is 28.8 Å². The smallest absolute Gasteiger partial charge is 0.269 e. The molecule has 10 nitrogen and oxygen atoms in total. The molecule has 5 rings (SSSR count). The Labute approximate surface area is 242 Å². The van der Waals surface area contributed by atoms with Crippen LogP contribution in [0.4, 0.5) is 11.4 Å². The molecular weight excluding hydrogens is 540 g/mol. The lowest BCUT2D eigenvalue weighted by atomic mass is 9.75. The molecule has 2 unspecified atom stereocenters. The van der Waals surface area contributed by atoms with Gasteiger partial charge in [0.15, 0.2) is 23.0 Å². The molecule has 1 aliphatic rings. The van der Waals surface area contributed by atoms with Gasteiger partial charge in [-0.05, 0) is 90.8 Å². The van der Waals surface area contributed by atoms with Crippen LogP contribution in [0.25, 0.3) is 0 Å². The number of hydrogen-bond donors (Lipinski definition) is 0. The molecule has 0 bridgehead atoms. The average Bonchev–Trinajstić information content (AvgIpc) is 3.02. The fraction of sp³-hybridized carbons (Fsp3) is 0.250. The molecule has 0 aliphatic heterocycles. The highest BCUT2D eigenvalue weighted by atomic mass is 16.6. The van der Waals surface area contributed by atoms with E-state index >= 15 is 0 Å². The number of nitrogens with zero attached hydrogens (tertiary/aromatic N) is 2. The fourth-order valence-electron chi connectivity index (χ4n) is 5.37. The van der Waals surface area contributed by atoms with Crippen molar-refractivity contribution >= 4 is 11.4 Å². The van der Waals surface area contributed by atoms with Gasteiger partial charge in [0.1, 0.15) is 11.5 Å². The lowest BCUT2D eigenvalue weighted by molar-refractivity contribution is -0.385. The summed E-state index contributed by atoms with van der Waals surface area (Å²) in [6, 6.07) is 23.8. The highest BCUT2D eigenvalue weighted by molar-refractivity contribution is 5.49. The molecule has 10 heteroatoms. The summed E-state index contributed by atoms with van der Waals surface area (Å²) < 4.78 is 23.2. The van der Waals surface area contributed by atoms with Crippen LogP contribution in [0.2, 0.25) is 0 Å². The second-order valence-electron chi connectivity index (χ2n) is 10.1. The monoisotopic (exact) mass is 570 g/mol. The first kappa shape index (κ1) is 28.4. The van der Waals surface area contributed by atoms with Gasteiger partial charge in [0, 0.05) is 24.3 Å². The highest BCUT2D eigenvalue weighted by Gasteiger charge is 2.26. The lowest BCUT2D eigenvalue weighted by Crippen LogP contribution is -2.13. The standard InChI is InChI=1S/C32H30N2O8/c1-39-31-19-23(6-16-29(31)41-27-12-8-25(9-13-27)33(35)36)21-4-3-5-22(18-21)24-7-17-30(32(20-24)40-2)42-28-14-10-26(11-15-28)34(37)38/h6-17,19-22H,3-5,18H2,1-2H3. The van der Waals surface area contributed by atoms with Gasteiger partial charge in [0.2, 0.25) is 0 Å². The normalized spacial score (nSPS) is 16.3. The van der Waals surface area contributed by atoms with Gasteiger partial charge in [-0.25, -0.2) is 0 Å². The molecule has 42 heavy (non-hydrogen) atoms. The number of non-ortho nitro benzene ring substituents is 2. The SMILES string of the molecule is COc1cc(C2CCCC(c3ccc(Oc4ccc([N+](=O)[O-])cc4)c(OC)c3)C2)ccc1Oc1ccc([N+](=O)[O-])cc1. The number of rotatable bonds is 10. The molecule has 0 saturated heterocycles. The zero-order valence-electron chi connectivity index (χ0n) is 23.2. The third-order valence-corrected chi connectivity index (χ3v) is 7.54. The molecule has 0 N–H and O–H groups in total. The van der Waals surface area contributed by atoms with Crippen LogP contribution in [-0.4, -0.2) is 24.1 Å². The molecular formula is C32H30N2O8. The highest BCUT2D eigenvalue weighted by Crippen LogP contribution is 2.45. The van der Waals surface area contributed by atoms with Crippen molar-refractivity contribution in [3.63, 3.8) is 0 Å². The molecule has 4 aromatic carbocycles. The summed E-state index contributed by atoms with van der Waals surface area (Å²) in [5.41, 5.74) is 2.33. The van der Waals surface area contributed by atoms with E-state index in [0.717, 1.165) is 36.8 Å². The Hall–Kier alpha value is -5.12. The van der Waals surface area contributed by atoms with Crippen LogP contribution < -0.4 is 18.9 Å². The van der Waals surface area contributed by atoms with E-state index in [0.29, 0.717) is 46.3 Å². The predicted molar refractivity (Wildman–Crippen MR) is 156 cm³/mol. The van der Waals surface area contributed by atoms with Gasteiger partial charge in [-0.3, -0.25) is 20.2 Å². The molecule has 2 atom stereocenters. The Balaban J connectivity index is 1.29. The zero-order chi connectivity index (χ0) is 29.6. The Morgan fingerprint density at radius 2 is 1.00 bits per heavy atom. The van der Waals surface area contributed by atoms with Crippen LogP contribution in [0.15, 0.2) is 84.9 Å². The van der Waals surface area contributed by atoms with Crippen molar-refractivity contribution in [3.8, 4) is 34.5 Å². The van der Waals surface area contributed by atoms with Crippen molar-refractivity contribution in [1.29, 1.82) is 0 Å². The quantitative estimate of drug-likeness (QED) is 0.137. The van der Waals surface area contributed by atoms with E-state index in [4.69, 9.17) is 18.9 Å². The van der Waals surface area contributed by atoms with Crippen molar-refractivity contribution in [1.82, 2.24) is 0 Å². The van der Waals surface area contributed by atoms with Crippen LogP contribution >= 0.6 is 0 Å². The van der Waals surface area contributed by atoms with E-state index in [-0.39, 0.29) is 11.4 Å². The Bertz CT molecular complexity index is 1450. The van der Waals surface area contributed by atoms with E-state index in [1.807, 2.05) is 24.3 Å². The molecule has 0 heterocycles. The maximum Gasteiger partial charge on any atom is 0.269 e. The van der Waals surface area contributed by atoms with E-state index in [2.05, 4.69) is 12.1 Å². The summed E-state index contributed by atoms with van der Waals surface area (Å²) >= 11 is 0. The minimum atomic E-state index is -0.448. The summed E-state index contributed by atoms with van der Waals surface area (Å²) in [7, 11) is 3.19. The average molecular weight is 571 g/mol. The van der Waals surface area contributed by atoms with Crippen molar-refractivity contribution in [2.24, 2.45) is 0 Å². The summed E-state index contributed by atoms with van der Waals surface area (Å²) in [5, 5.41) is 21.9. The summed E-state index contributed by atoms with van der Waals surface area (Å²) in [4.78, 5) is 21.0. The number of hydrogen-bond acceptors (Lipinski definition) is 8. The summed E-state index contributed by atoms with van der Waals surface area (Å²) in [6.45, 7) is 0. The minimum absolute atomic E-state index is 0.000733. The maximum absolute atomic E-state index is 10.9. The number of nitro benzene ring substituents is 2. The number of benzene rings is 4. The second-order valence-corrected chi connectivity index (χ2v) is 10.1. The second kappa shape index (κ2) is 12.6. The molecule has 1 fully saturated rings. The van der Waals surface area contributed by atoms with E-state index in [9.17, 15) is 20.2 Å². The Morgan fingerprint density at radius 1 is 0.595 bits per heavy atom. The minimum Gasteiger partial charge on any atom is -0.493 e. The predicted octanol–water partition coefficient (Wildman–Crippen LogP) is 8.55. The van der Waals surface area contributed by atoms with Gasteiger partial charge in [0.25, 0.3) is 11.4 Å². The first-order valence-corrected chi connectivity index (χ1v) is 13.5. The van der Waals surface area contributed by atoms with Gasteiger partial charge in [0.05, 0.1) is 24.1 Å². The first-order valence-electron chi connectivity index (χ1n) is 13.5. The topological polar surface area (TPSA) is 123 Å². The Morgan fingerprint density at radius 3 is 1.36 bits per heavy atom. The van der Waals surface area contributed by atoms with Crippen molar-refractivity contribution in [3.05, 3.63) is 116 Å². The number of methoxy groups -OCH3 is 2. The van der Waals surface area contributed by atoms with E-state index in [1.54, 1.807) is 38.5 Å².